The van der Waals surface area contributed by atoms with Gasteiger partial charge in [0.15, 0.2) is 0 Å². The molecular formula is C12H19ClN2O. The Kier molecular flexibility index (Phi) is 5.48. The molecule has 3 nitrogen and oxygen atoms in total. The molecule has 0 saturated carbocycles. The van der Waals surface area contributed by atoms with Gasteiger partial charge in [-0.1, -0.05) is 18.2 Å². The van der Waals surface area contributed by atoms with Crippen LogP contribution in [-0.4, -0.2) is 18.0 Å². The number of aryl methyl sites for hydroxylation is 1. The molecule has 1 aromatic rings. The van der Waals surface area contributed by atoms with Crippen LogP contribution in [0.1, 0.15) is 29.8 Å². The van der Waals surface area contributed by atoms with Crippen LogP contribution in [0.5, 0.6) is 0 Å². The Morgan fingerprint density at radius 3 is 2.44 bits per heavy atom. The number of hydrogen-bond donors (Lipinski definition) is 2. The van der Waals surface area contributed by atoms with Gasteiger partial charge < -0.3 is 11.1 Å². The van der Waals surface area contributed by atoms with Crippen molar-refractivity contribution in [2.24, 2.45) is 5.73 Å². The summed E-state index contributed by atoms with van der Waals surface area (Å²) >= 11 is 0. The third kappa shape index (κ3) is 4.64. The molecular weight excluding hydrogens is 224 g/mol. The molecule has 0 atom stereocenters. The topological polar surface area (TPSA) is 55.1 Å². The van der Waals surface area contributed by atoms with Crippen LogP contribution in [0.25, 0.3) is 0 Å². The number of carbonyl (C=O) groups excluding carboxylic acids is 1. The van der Waals surface area contributed by atoms with Crippen LogP contribution in [-0.2, 0) is 0 Å². The fourth-order valence-electron chi connectivity index (χ4n) is 1.23. The number of nitrogens with two attached hydrogens (primary N) is 1. The zero-order valence-electron chi connectivity index (χ0n) is 9.91. The minimum Gasteiger partial charge on any atom is -0.350 e. The second-order valence-electron chi connectivity index (χ2n) is 4.49. The summed E-state index contributed by atoms with van der Waals surface area (Å²) in [5.41, 5.74) is 7.10. The number of amides is 1. The molecule has 0 fully saturated rings. The van der Waals surface area contributed by atoms with Crippen LogP contribution >= 0.6 is 12.4 Å². The molecule has 0 aliphatic rings. The Hall–Kier alpha value is -1.06. The van der Waals surface area contributed by atoms with Gasteiger partial charge in [0.2, 0.25) is 0 Å². The maximum absolute atomic E-state index is 11.7. The van der Waals surface area contributed by atoms with Crippen molar-refractivity contribution in [1.82, 2.24) is 5.32 Å². The maximum Gasteiger partial charge on any atom is 0.251 e. The van der Waals surface area contributed by atoms with E-state index in [1.54, 1.807) is 0 Å². The van der Waals surface area contributed by atoms with E-state index < -0.39 is 0 Å². The lowest BCUT2D eigenvalue weighted by molar-refractivity contribution is 0.0945. The van der Waals surface area contributed by atoms with Crippen molar-refractivity contribution in [2.75, 3.05) is 6.54 Å². The summed E-state index contributed by atoms with van der Waals surface area (Å²) in [5, 5.41) is 2.82. The van der Waals surface area contributed by atoms with Gasteiger partial charge in [0.25, 0.3) is 5.91 Å². The molecule has 0 spiro atoms. The highest BCUT2D eigenvalue weighted by Gasteiger charge is 2.13. The SMILES string of the molecule is Cc1ccccc1C(=O)NCC(C)(C)N.Cl. The molecule has 16 heavy (non-hydrogen) atoms. The van der Waals surface area contributed by atoms with Crippen molar-refractivity contribution in [3.8, 4) is 0 Å². The molecule has 0 heterocycles. The van der Waals surface area contributed by atoms with E-state index in [-0.39, 0.29) is 23.9 Å². The van der Waals surface area contributed by atoms with E-state index in [4.69, 9.17) is 5.73 Å². The highest BCUT2D eigenvalue weighted by atomic mass is 35.5. The van der Waals surface area contributed by atoms with Gasteiger partial charge in [-0.05, 0) is 32.4 Å². The Morgan fingerprint density at radius 1 is 1.38 bits per heavy atom. The summed E-state index contributed by atoms with van der Waals surface area (Å²) in [6.45, 7) is 6.15. The van der Waals surface area contributed by atoms with Crippen LogP contribution in [0.2, 0.25) is 0 Å². The molecule has 0 aliphatic carbocycles. The van der Waals surface area contributed by atoms with Gasteiger partial charge in [-0.15, -0.1) is 12.4 Å². The quantitative estimate of drug-likeness (QED) is 0.851. The lowest BCUT2D eigenvalue weighted by Gasteiger charge is -2.19. The van der Waals surface area contributed by atoms with E-state index >= 15 is 0 Å². The molecule has 3 N–H and O–H groups in total. The first kappa shape index (κ1) is 14.9. The van der Waals surface area contributed by atoms with E-state index in [0.717, 1.165) is 5.56 Å². The third-order valence-electron chi connectivity index (χ3n) is 2.09. The zero-order chi connectivity index (χ0) is 11.5. The predicted molar refractivity (Wildman–Crippen MR) is 69.0 cm³/mol. The van der Waals surface area contributed by atoms with E-state index in [1.165, 1.54) is 0 Å². The summed E-state index contributed by atoms with van der Waals surface area (Å²) < 4.78 is 0. The van der Waals surface area contributed by atoms with Gasteiger partial charge in [0.05, 0.1) is 0 Å². The first-order chi connectivity index (χ1) is 6.90. The smallest absolute Gasteiger partial charge is 0.251 e. The van der Waals surface area contributed by atoms with Gasteiger partial charge in [0, 0.05) is 17.6 Å². The van der Waals surface area contributed by atoms with E-state index in [0.29, 0.717) is 12.1 Å². The number of nitrogens with one attached hydrogen (secondary N) is 1. The molecule has 1 amide bonds. The lowest BCUT2D eigenvalue weighted by atomic mass is 10.1. The second kappa shape index (κ2) is 5.87. The second-order valence-corrected chi connectivity index (χ2v) is 4.49. The minimum atomic E-state index is -0.377. The zero-order valence-corrected chi connectivity index (χ0v) is 10.7. The van der Waals surface area contributed by atoms with Crippen LogP contribution < -0.4 is 11.1 Å². The highest BCUT2D eigenvalue weighted by Crippen LogP contribution is 2.06. The summed E-state index contributed by atoms with van der Waals surface area (Å²) in [6, 6.07) is 7.51. The normalized spacial score (nSPS) is 10.5. The first-order valence-corrected chi connectivity index (χ1v) is 5.03. The number of rotatable bonds is 3. The average Bonchev–Trinajstić information content (AvgIpc) is 2.14. The van der Waals surface area contributed by atoms with Crippen molar-refractivity contribution >= 4 is 18.3 Å². The van der Waals surface area contributed by atoms with Gasteiger partial charge in [-0.2, -0.15) is 0 Å². The van der Waals surface area contributed by atoms with E-state index in [2.05, 4.69) is 5.32 Å². The van der Waals surface area contributed by atoms with Crippen molar-refractivity contribution in [3.05, 3.63) is 35.4 Å². The maximum atomic E-state index is 11.7. The number of benzene rings is 1. The number of carbonyl (C=O) groups is 1. The summed E-state index contributed by atoms with van der Waals surface area (Å²) in [4.78, 5) is 11.7. The Labute approximate surface area is 103 Å². The monoisotopic (exact) mass is 242 g/mol. The number of hydrogen-bond acceptors (Lipinski definition) is 2. The van der Waals surface area contributed by atoms with Gasteiger partial charge >= 0.3 is 0 Å². The molecule has 0 saturated heterocycles. The third-order valence-corrected chi connectivity index (χ3v) is 2.09. The van der Waals surface area contributed by atoms with E-state index in [9.17, 15) is 4.79 Å². The van der Waals surface area contributed by atoms with Crippen LogP contribution in [0, 0.1) is 6.92 Å². The van der Waals surface area contributed by atoms with E-state index in [1.807, 2.05) is 45.0 Å². The molecule has 4 heteroatoms. The van der Waals surface area contributed by atoms with Gasteiger partial charge in [0.1, 0.15) is 0 Å². The Balaban J connectivity index is 0.00000225. The minimum absolute atomic E-state index is 0. The largest absolute Gasteiger partial charge is 0.350 e. The fourth-order valence-corrected chi connectivity index (χ4v) is 1.23. The predicted octanol–water partition coefficient (Wildman–Crippen LogP) is 1.88. The Bertz CT molecular complexity index is 358. The van der Waals surface area contributed by atoms with Crippen molar-refractivity contribution in [2.45, 2.75) is 26.3 Å². The molecule has 1 aromatic carbocycles. The molecule has 0 unspecified atom stereocenters. The van der Waals surface area contributed by atoms with Gasteiger partial charge in [-0.3, -0.25) is 4.79 Å². The fraction of sp³-hybridized carbons (Fsp3) is 0.417. The molecule has 0 radical (unpaired) electrons. The first-order valence-electron chi connectivity index (χ1n) is 5.03. The Morgan fingerprint density at radius 2 is 1.94 bits per heavy atom. The van der Waals surface area contributed by atoms with Crippen molar-refractivity contribution in [3.63, 3.8) is 0 Å². The standard InChI is InChI=1S/C12H18N2O.ClH/c1-9-6-4-5-7-10(9)11(15)14-8-12(2,3)13;/h4-7H,8,13H2,1-3H3,(H,14,15);1H. The van der Waals surface area contributed by atoms with Crippen molar-refractivity contribution < 1.29 is 4.79 Å². The lowest BCUT2D eigenvalue weighted by Crippen LogP contribution is -2.45. The number of halogens is 1. The molecule has 0 aliphatic heterocycles. The highest BCUT2D eigenvalue weighted by molar-refractivity contribution is 5.95. The van der Waals surface area contributed by atoms with Crippen LogP contribution in [0.3, 0.4) is 0 Å². The molecule has 90 valence electrons. The summed E-state index contributed by atoms with van der Waals surface area (Å²) in [5.74, 6) is -0.0633. The average molecular weight is 243 g/mol. The summed E-state index contributed by atoms with van der Waals surface area (Å²) in [6.07, 6.45) is 0. The van der Waals surface area contributed by atoms with Crippen molar-refractivity contribution in [1.29, 1.82) is 0 Å². The molecule has 0 bridgehead atoms. The molecule has 0 aromatic heterocycles. The van der Waals surface area contributed by atoms with Crippen LogP contribution in [0.15, 0.2) is 24.3 Å². The summed E-state index contributed by atoms with van der Waals surface area (Å²) in [7, 11) is 0. The van der Waals surface area contributed by atoms with Crippen LogP contribution in [0.4, 0.5) is 0 Å². The van der Waals surface area contributed by atoms with Gasteiger partial charge in [-0.25, -0.2) is 0 Å². The molecule has 1 rings (SSSR count).